The van der Waals surface area contributed by atoms with Crippen LogP contribution in [0.3, 0.4) is 0 Å². The lowest BCUT2D eigenvalue weighted by Gasteiger charge is -2.10. The summed E-state index contributed by atoms with van der Waals surface area (Å²) in [5.41, 5.74) is 1.49. The Morgan fingerprint density at radius 3 is 2.62 bits per heavy atom. The second kappa shape index (κ2) is 7.32. The van der Waals surface area contributed by atoms with E-state index >= 15 is 0 Å². The van der Waals surface area contributed by atoms with Gasteiger partial charge in [0.25, 0.3) is 0 Å². The molecule has 1 aromatic carbocycles. The number of para-hydroxylation sites is 2. The molecule has 0 aliphatic carbocycles. The third kappa shape index (κ3) is 4.09. The van der Waals surface area contributed by atoms with Gasteiger partial charge in [-0.25, -0.2) is 0 Å². The van der Waals surface area contributed by atoms with Gasteiger partial charge in [0.05, 0.1) is 11.4 Å². The molecular formula is C16H12N4O. The fourth-order valence-corrected chi connectivity index (χ4v) is 1.59. The molecule has 0 atom stereocenters. The monoisotopic (exact) mass is 276 g/mol. The van der Waals surface area contributed by atoms with Crippen molar-refractivity contribution in [2.24, 2.45) is 0 Å². The maximum absolute atomic E-state index is 8.71. The van der Waals surface area contributed by atoms with Crippen molar-refractivity contribution in [3.8, 4) is 17.9 Å². The van der Waals surface area contributed by atoms with Crippen molar-refractivity contribution in [2.45, 2.75) is 6.61 Å². The number of nitriles is 2. The highest BCUT2D eigenvalue weighted by molar-refractivity contribution is 5.59. The van der Waals surface area contributed by atoms with Gasteiger partial charge in [0.15, 0.2) is 0 Å². The Morgan fingerprint density at radius 1 is 1.14 bits per heavy atom. The normalized spacial score (nSPS) is 9.05. The largest absolute Gasteiger partial charge is 0.485 e. The summed E-state index contributed by atoms with van der Waals surface area (Å²) in [5, 5.41) is 20.3. The van der Waals surface area contributed by atoms with Crippen LogP contribution >= 0.6 is 0 Å². The number of rotatable bonds is 5. The second-order valence-corrected chi connectivity index (χ2v) is 4.03. The molecule has 0 saturated carbocycles. The molecular weight excluding hydrogens is 264 g/mol. The first-order valence-corrected chi connectivity index (χ1v) is 6.22. The van der Waals surface area contributed by atoms with Gasteiger partial charge < -0.3 is 10.1 Å². The molecule has 5 heteroatoms. The van der Waals surface area contributed by atoms with Crippen molar-refractivity contribution in [3.63, 3.8) is 0 Å². The Labute approximate surface area is 122 Å². The fraction of sp³-hybridized carbons (Fsp3) is 0.0625. The second-order valence-electron chi connectivity index (χ2n) is 4.03. The van der Waals surface area contributed by atoms with E-state index in [9.17, 15) is 0 Å². The Kier molecular flexibility index (Phi) is 4.92. The molecule has 1 heterocycles. The molecule has 0 saturated heterocycles. The van der Waals surface area contributed by atoms with Crippen LogP contribution in [-0.4, -0.2) is 4.98 Å². The molecule has 0 unspecified atom stereocenters. The smallest absolute Gasteiger partial charge is 0.145 e. The topological polar surface area (TPSA) is 81.7 Å². The number of ether oxygens (including phenoxy) is 1. The van der Waals surface area contributed by atoms with E-state index in [1.54, 1.807) is 30.5 Å². The molecule has 102 valence electrons. The lowest BCUT2D eigenvalue weighted by Crippen LogP contribution is -2.00. The summed E-state index contributed by atoms with van der Waals surface area (Å²) in [6.07, 6.45) is 3.06. The molecule has 1 N–H and O–H groups in total. The number of hydrogen-bond donors (Lipinski definition) is 1. The Morgan fingerprint density at radius 2 is 1.90 bits per heavy atom. The molecule has 0 fully saturated rings. The highest BCUT2D eigenvalue weighted by atomic mass is 16.5. The van der Waals surface area contributed by atoms with E-state index in [2.05, 4.69) is 10.3 Å². The van der Waals surface area contributed by atoms with E-state index in [1.165, 1.54) is 6.20 Å². The van der Waals surface area contributed by atoms with Crippen molar-refractivity contribution < 1.29 is 4.74 Å². The van der Waals surface area contributed by atoms with Crippen molar-refractivity contribution >= 4 is 5.69 Å². The minimum absolute atomic E-state index is 0.00507. The number of allylic oxidation sites excluding steroid dienone is 1. The summed E-state index contributed by atoms with van der Waals surface area (Å²) in [7, 11) is 0. The van der Waals surface area contributed by atoms with Crippen LogP contribution in [0, 0.1) is 22.7 Å². The molecule has 0 amide bonds. The SMILES string of the molecule is N#CC(C#N)=CNc1ccccc1OCc1ccccn1. The molecule has 0 aliphatic rings. The number of anilines is 1. The zero-order valence-corrected chi connectivity index (χ0v) is 11.2. The van der Waals surface area contributed by atoms with Crippen LogP contribution in [0.15, 0.2) is 60.4 Å². The van der Waals surface area contributed by atoms with Crippen molar-refractivity contribution in [2.75, 3.05) is 5.32 Å². The molecule has 21 heavy (non-hydrogen) atoms. The molecule has 0 bridgehead atoms. The molecule has 1 aromatic heterocycles. The first-order valence-electron chi connectivity index (χ1n) is 6.22. The van der Waals surface area contributed by atoms with Crippen molar-refractivity contribution in [1.82, 2.24) is 4.98 Å². The molecule has 0 spiro atoms. The highest BCUT2D eigenvalue weighted by Crippen LogP contribution is 2.24. The third-order valence-corrected chi connectivity index (χ3v) is 2.60. The van der Waals surface area contributed by atoms with Crippen LogP contribution in [-0.2, 0) is 6.61 Å². The van der Waals surface area contributed by atoms with Gasteiger partial charge in [0.1, 0.15) is 30.1 Å². The predicted molar refractivity (Wildman–Crippen MR) is 77.9 cm³/mol. The number of pyridine rings is 1. The number of hydrogen-bond acceptors (Lipinski definition) is 5. The summed E-state index contributed by atoms with van der Waals surface area (Å²) < 4.78 is 5.70. The van der Waals surface area contributed by atoms with Crippen LogP contribution in [0.1, 0.15) is 5.69 Å². The van der Waals surface area contributed by atoms with Crippen LogP contribution < -0.4 is 10.1 Å². The first kappa shape index (κ1) is 14.1. The summed E-state index contributed by atoms with van der Waals surface area (Å²) in [4.78, 5) is 4.18. The highest BCUT2D eigenvalue weighted by Gasteiger charge is 2.03. The van der Waals surface area contributed by atoms with Gasteiger partial charge in [-0.15, -0.1) is 0 Å². The van der Waals surface area contributed by atoms with E-state index in [4.69, 9.17) is 15.3 Å². The zero-order chi connectivity index (χ0) is 14.9. The standard InChI is InChI=1S/C16H12N4O/c17-9-13(10-18)11-20-15-6-1-2-7-16(15)21-12-14-5-3-4-8-19-14/h1-8,11,20H,12H2. The Bertz CT molecular complexity index is 695. The zero-order valence-electron chi connectivity index (χ0n) is 11.2. The van der Waals surface area contributed by atoms with Crippen LogP contribution in [0.4, 0.5) is 5.69 Å². The Balaban J connectivity index is 2.09. The van der Waals surface area contributed by atoms with Crippen LogP contribution in [0.5, 0.6) is 5.75 Å². The van der Waals surface area contributed by atoms with Gasteiger partial charge in [0.2, 0.25) is 0 Å². The van der Waals surface area contributed by atoms with Gasteiger partial charge in [-0.05, 0) is 24.3 Å². The molecule has 0 radical (unpaired) electrons. The van der Waals surface area contributed by atoms with E-state index in [-0.39, 0.29) is 5.57 Å². The minimum Gasteiger partial charge on any atom is -0.485 e. The van der Waals surface area contributed by atoms with Gasteiger partial charge in [-0.1, -0.05) is 18.2 Å². The van der Waals surface area contributed by atoms with E-state index in [0.717, 1.165) is 5.69 Å². The van der Waals surface area contributed by atoms with E-state index in [0.29, 0.717) is 18.0 Å². The van der Waals surface area contributed by atoms with E-state index in [1.807, 2.05) is 30.3 Å². The summed E-state index contributed by atoms with van der Waals surface area (Å²) in [6.45, 7) is 0.340. The molecule has 5 nitrogen and oxygen atoms in total. The lowest BCUT2D eigenvalue weighted by atomic mass is 10.3. The first-order chi connectivity index (χ1) is 10.3. The maximum atomic E-state index is 8.71. The van der Waals surface area contributed by atoms with Crippen LogP contribution in [0.2, 0.25) is 0 Å². The van der Waals surface area contributed by atoms with Crippen molar-refractivity contribution in [3.05, 3.63) is 66.1 Å². The molecule has 2 rings (SSSR count). The van der Waals surface area contributed by atoms with Crippen LogP contribution in [0.25, 0.3) is 0 Å². The molecule has 2 aromatic rings. The summed E-state index contributed by atoms with van der Waals surface area (Å²) in [5.74, 6) is 0.620. The van der Waals surface area contributed by atoms with Gasteiger partial charge in [0, 0.05) is 12.4 Å². The number of aromatic nitrogens is 1. The predicted octanol–water partition coefficient (Wildman–Crippen LogP) is 3.00. The number of nitrogens with zero attached hydrogens (tertiary/aromatic N) is 3. The van der Waals surface area contributed by atoms with Gasteiger partial charge in [-0.3, -0.25) is 4.98 Å². The van der Waals surface area contributed by atoms with E-state index < -0.39 is 0 Å². The Hall–Kier alpha value is -3.31. The van der Waals surface area contributed by atoms with Gasteiger partial charge in [-0.2, -0.15) is 10.5 Å². The number of nitrogens with one attached hydrogen (secondary N) is 1. The summed E-state index contributed by atoms with van der Waals surface area (Å²) in [6, 6.07) is 16.5. The van der Waals surface area contributed by atoms with Crippen molar-refractivity contribution in [1.29, 1.82) is 10.5 Å². The minimum atomic E-state index is -0.00507. The van der Waals surface area contributed by atoms with Gasteiger partial charge >= 0.3 is 0 Å². The lowest BCUT2D eigenvalue weighted by molar-refractivity contribution is 0.303. The quantitative estimate of drug-likeness (QED) is 0.849. The summed E-state index contributed by atoms with van der Waals surface area (Å²) >= 11 is 0. The average Bonchev–Trinajstić information content (AvgIpc) is 2.56. The average molecular weight is 276 g/mol. The number of benzene rings is 1. The molecule has 0 aliphatic heterocycles. The third-order valence-electron chi connectivity index (χ3n) is 2.60. The fourth-order valence-electron chi connectivity index (χ4n) is 1.59. The maximum Gasteiger partial charge on any atom is 0.145 e.